The number of azo groups is 1. The molecule has 25 heavy (non-hydrogen) atoms. The topological polar surface area (TPSA) is 114 Å². The van der Waals surface area contributed by atoms with E-state index in [-0.39, 0.29) is 40.3 Å². The van der Waals surface area contributed by atoms with Gasteiger partial charge in [0.15, 0.2) is 0 Å². The average Bonchev–Trinajstić information content (AvgIpc) is 2.49. The van der Waals surface area contributed by atoms with Crippen LogP contribution in [0.5, 0.6) is 5.75 Å². The predicted octanol–water partition coefficient (Wildman–Crippen LogP) is 3.91. The van der Waals surface area contributed by atoms with Crippen LogP contribution in [0.2, 0.25) is 5.02 Å². The smallest absolute Gasteiger partial charge is 0.296 e. The van der Waals surface area contributed by atoms with Crippen LogP contribution >= 0.6 is 11.6 Å². The van der Waals surface area contributed by atoms with Crippen molar-refractivity contribution in [1.29, 1.82) is 0 Å². The number of halogens is 1. The quantitative estimate of drug-likeness (QED) is 0.346. The SMILES string of the molecule is CCOc1cc(N=Nc2ccc(Cl)c(S(=O)(=O)O)c2)c(C)cc1N.[Na]. The Morgan fingerprint density at radius 1 is 1.24 bits per heavy atom. The van der Waals surface area contributed by atoms with E-state index >= 15 is 0 Å². The molecule has 0 amide bonds. The Kier molecular flexibility index (Phi) is 7.86. The van der Waals surface area contributed by atoms with E-state index in [1.54, 1.807) is 12.1 Å². The van der Waals surface area contributed by atoms with E-state index in [4.69, 9.17) is 26.6 Å². The summed E-state index contributed by atoms with van der Waals surface area (Å²) in [7, 11) is -4.44. The standard InChI is InChI=1S/C15H16ClN3O4S.Na/c1-3-23-14-8-13(9(2)6-12(14)17)19-18-10-4-5-11(16)15(7-10)24(20,21)22;/h4-8H,3,17H2,1-2H3,(H,20,21,22);. The van der Waals surface area contributed by atoms with Gasteiger partial charge in [-0.1, -0.05) is 11.6 Å². The molecule has 0 aliphatic carbocycles. The second kappa shape index (κ2) is 8.98. The first-order valence-corrected chi connectivity index (χ1v) is 8.76. The molecule has 0 aromatic heterocycles. The van der Waals surface area contributed by atoms with Crippen LogP contribution in [0.1, 0.15) is 12.5 Å². The molecular formula is C15H16ClN3NaO4S. The van der Waals surface area contributed by atoms with E-state index in [1.165, 1.54) is 12.1 Å². The van der Waals surface area contributed by atoms with Crippen molar-refractivity contribution in [3.63, 3.8) is 0 Å². The number of hydrogen-bond donors (Lipinski definition) is 2. The fourth-order valence-electron chi connectivity index (χ4n) is 1.95. The molecule has 0 unspecified atom stereocenters. The number of nitrogens with zero attached hydrogens (tertiary/aromatic N) is 2. The number of nitrogen functional groups attached to an aromatic ring is 1. The van der Waals surface area contributed by atoms with Crippen LogP contribution in [0.4, 0.5) is 17.1 Å². The summed E-state index contributed by atoms with van der Waals surface area (Å²) in [6, 6.07) is 7.30. The molecule has 3 N–H and O–H groups in total. The summed E-state index contributed by atoms with van der Waals surface area (Å²) in [5.41, 5.74) is 7.88. The van der Waals surface area contributed by atoms with Gasteiger partial charge in [-0.05, 0) is 43.7 Å². The zero-order valence-electron chi connectivity index (χ0n) is 14.0. The van der Waals surface area contributed by atoms with Crippen molar-refractivity contribution < 1.29 is 17.7 Å². The van der Waals surface area contributed by atoms with Gasteiger partial charge in [-0.3, -0.25) is 4.55 Å². The van der Waals surface area contributed by atoms with Gasteiger partial charge in [-0.25, -0.2) is 0 Å². The molecule has 10 heteroatoms. The van der Waals surface area contributed by atoms with Gasteiger partial charge in [0.2, 0.25) is 0 Å². The van der Waals surface area contributed by atoms with Crippen LogP contribution in [0.15, 0.2) is 45.5 Å². The molecule has 1 radical (unpaired) electrons. The molecule has 129 valence electrons. The van der Waals surface area contributed by atoms with Crippen molar-refractivity contribution in [3.05, 3.63) is 40.9 Å². The first-order chi connectivity index (χ1) is 11.2. The Balaban J connectivity index is 0.00000312. The Bertz CT molecular complexity index is 904. The minimum Gasteiger partial charge on any atom is -0.492 e. The van der Waals surface area contributed by atoms with E-state index in [2.05, 4.69) is 10.2 Å². The van der Waals surface area contributed by atoms with Crippen LogP contribution < -0.4 is 10.5 Å². The van der Waals surface area contributed by atoms with Crippen molar-refractivity contribution >= 4 is 68.3 Å². The summed E-state index contributed by atoms with van der Waals surface area (Å²) in [5.74, 6) is 0.492. The average molecular weight is 393 g/mol. The fraction of sp³-hybridized carbons (Fsp3) is 0.200. The molecule has 2 aromatic carbocycles. The van der Waals surface area contributed by atoms with Crippen LogP contribution in [-0.2, 0) is 10.1 Å². The first kappa shape index (κ1) is 21.9. The molecule has 2 rings (SSSR count). The van der Waals surface area contributed by atoms with Gasteiger partial charge in [0.1, 0.15) is 10.6 Å². The van der Waals surface area contributed by atoms with Crippen molar-refractivity contribution in [2.45, 2.75) is 18.7 Å². The molecule has 0 atom stereocenters. The molecule has 0 bridgehead atoms. The predicted molar refractivity (Wildman–Crippen MR) is 98.0 cm³/mol. The Morgan fingerprint density at radius 3 is 2.52 bits per heavy atom. The van der Waals surface area contributed by atoms with Gasteiger partial charge in [-0.15, -0.1) is 0 Å². The number of anilines is 1. The van der Waals surface area contributed by atoms with Gasteiger partial charge in [0.25, 0.3) is 10.1 Å². The zero-order valence-corrected chi connectivity index (χ0v) is 17.6. The van der Waals surface area contributed by atoms with Crippen molar-refractivity contribution in [3.8, 4) is 5.75 Å². The van der Waals surface area contributed by atoms with E-state index in [0.717, 1.165) is 11.6 Å². The number of aryl methyl sites for hydroxylation is 1. The second-order valence-corrected chi connectivity index (χ2v) is 6.70. The Labute approximate surface area is 173 Å². The summed E-state index contributed by atoms with van der Waals surface area (Å²) >= 11 is 5.75. The van der Waals surface area contributed by atoms with Crippen LogP contribution in [0.25, 0.3) is 0 Å². The van der Waals surface area contributed by atoms with Crippen molar-refractivity contribution in [1.82, 2.24) is 0 Å². The van der Waals surface area contributed by atoms with Gasteiger partial charge < -0.3 is 10.5 Å². The van der Waals surface area contributed by atoms with Gasteiger partial charge in [0.05, 0.1) is 28.7 Å². The molecule has 2 aromatic rings. The third kappa shape index (κ3) is 5.67. The van der Waals surface area contributed by atoms with E-state index in [0.29, 0.717) is 23.7 Å². The maximum atomic E-state index is 11.3. The maximum absolute atomic E-state index is 11.3. The molecule has 0 aliphatic rings. The summed E-state index contributed by atoms with van der Waals surface area (Å²) in [6.45, 7) is 4.11. The van der Waals surface area contributed by atoms with Gasteiger partial charge in [0, 0.05) is 35.6 Å². The number of hydrogen-bond acceptors (Lipinski definition) is 6. The molecular weight excluding hydrogens is 377 g/mol. The molecule has 0 spiro atoms. The normalized spacial score (nSPS) is 11.4. The Morgan fingerprint density at radius 2 is 1.92 bits per heavy atom. The third-order valence-electron chi connectivity index (χ3n) is 3.09. The molecule has 0 heterocycles. The van der Waals surface area contributed by atoms with Crippen LogP contribution in [-0.4, -0.2) is 49.1 Å². The van der Waals surface area contributed by atoms with Crippen LogP contribution in [0.3, 0.4) is 0 Å². The number of benzene rings is 2. The van der Waals surface area contributed by atoms with Crippen molar-refractivity contribution in [2.75, 3.05) is 12.3 Å². The maximum Gasteiger partial charge on any atom is 0.296 e. The van der Waals surface area contributed by atoms with Gasteiger partial charge >= 0.3 is 0 Å². The molecule has 0 fully saturated rings. The minimum atomic E-state index is -4.44. The third-order valence-corrected chi connectivity index (χ3v) is 4.43. The minimum absolute atomic E-state index is 0. The van der Waals surface area contributed by atoms with Crippen molar-refractivity contribution in [2.24, 2.45) is 10.2 Å². The summed E-state index contributed by atoms with van der Waals surface area (Å²) in [5, 5.41) is 7.96. The summed E-state index contributed by atoms with van der Waals surface area (Å²) < 4.78 is 37.1. The van der Waals surface area contributed by atoms with Crippen LogP contribution in [0, 0.1) is 6.92 Å². The molecule has 0 saturated carbocycles. The fourth-order valence-corrected chi connectivity index (χ4v) is 2.95. The second-order valence-electron chi connectivity index (χ2n) is 4.90. The van der Waals surface area contributed by atoms with Gasteiger partial charge in [-0.2, -0.15) is 18.6 Å². The first-order valence-electron chi connectivity index (χ1n) is 6.94. The number of ether oxygens (including phenoxy) is 1. The largest absolute Gasteiger partial charge is 0.492 e. The summed E-state index contributed by atoms with van der Waals surface area (Å²) in [4.78, 5) is -0.426. The molecule has 0 saturated heterocycles. The van der Waals surface area contributed by atoms with E-state index in [9.17, 15) is 8.42 Å². The van der Waals surface area contributed by atoms with E-state index < -0.39 is 15.0 Å². The Hall–Kier alpha value is -1.16. The number of rotatable bonds is 5. The number of nitrogens with two attached hydrogens (primary N) is 1. The molecule has 7 nitrogen and oxygen atoms in total. The molecule has 0 aliphatic heterocycles. The van der Waals surface area contributed by atoms with E-state index in [1.807, 2.05) is 13.8 Å². The zero-order chi connectivity index (χ0) is 17.9. The monoisotopic (exact) mass is 392 g/mol. The summed E-state index contributed by atoms with van der Waals surface area (Å²) in [6.07, 6.45) is 0.